The Hall–Kier alpha value is -2.71. The first-order valence-corrected chi connectivity index (χ1v) is 8.46. The van der Waals surface area contributed by atoms with E-state index in [0.717, 1.165) is 16.7 Å². The van der Waals surface area contributed by atoms with Crippen molar-refractivity contribution in [2.75, 3.05) is 7.11 Å². The Morgan fingerprint density at radius 3 is 2.68 bits per heavy atom. The fourth-order valence-electron chi connectivity index (χ4n) is 2.54. The molecule has 0 aliphatic carbocycles. The van der Waals surface area contributed by atoms with Crippen molar-refractivity contribution in [3.05, 3.63) is 46.3 Å². The first-order chi connectivity index (χ1) is 12.1. The topological polar surface area (TPSA) is 74.3 Å². The van der Waals surface area contributed by atoms with Gasteiger partial charge in [-0.15, -0.1) is 11.3 Å². The quantitative estimate of drug-likeness (QED) is 0.515. The van der Waals surface area contributed by atoms with Crippen molar-refractivity contribution in [1.29, 1.82) is 0 Å². The number of hydrogen-bond acceptors (Lipinski definition) is 6. The number of thiophene rings is 1. The molecule has 0 aromatic carbocycles. The molecule has 0 N–H and O–H groups in total. The largest absolute Gasteiger partial charge is 0.465 e. The smallest absolute Gasteiger partial charge is 0.348 e. The summed E-state index contributed by atoms with van der Waals surface area (Å²) in [5.74, 6) is -0.415. The molecule has 4 rings (SSSR count). The van der Waals surface area contributed by atoms with Crippen molar-refractivity contribution in [3.8, 4) is 22.3 Å². The number of methoxy groups -OCH3 is 1. The molecule has 9 heteroatoms. The summed E-state index contributed by atoms with van der Waals surface area (Å²) < 4.78 is 8.65. The zero-order valence-corrected chi connectivity index (χ0v) is 14.9. The average molecular weight is 374 g/mol. The predicted octanol–water partition coefficient (Wildman–Crippen LogP) is 3.30. The monoisotopic (exact) mass is 373 g/mol. The first kappa shape index (κ1) is 15.8. The van der Waals surface area contributed by atoms with Gasteiger partial charge in [-0.25, -0.2) is 14.3 Å². The zero-order chi connectivity index (χ0) is 17.6. The highest BCUT2D eigenvalue weighted by atomic mass is 35.5. The molecule has 0 amide bonds. The fraction of sp³-hybridized carbons (Fsp3) is 0.125. The second-order valence-electron chi connectivity index (χ2n) is 5.36. The Bertz CT molecular complexity index is 1100. The molecule has 0 unspecified atom stereocenters. The van der Waals surface area contributed by atoms with Gasteiger partial charge in [-0.1, -0.05) is 11.6 Å². The molecule has 0 aliphatic rings. The van der Waals surface area contributed by atoms with Crippen molar-refractivity contribution in [2.45, 2.75) is 0 Å². The minimum Gasteiger partial charge on any atom is -0.465 e. The molecule has 7 nitrogen and oxygen atoms in total. The molecule has 0 saturated heterocycles. The molecule has 0 radical (unpaired) electrons. The summed E-state index contributed by atoms with van der Waals surface area (Å²) in [7, 11) is 3.20. The van der Waals surface area contributed by atoms with Crippen LogP contribution in [0.4, 0.5) is 0 Å². The zero-order valence-electron chi connectivity index (χ0n) is 13.3. The lowest BCUT2D eigenvalue weighted by Gasteiger charge is -2.00. The summed E-state index contributed by atoms with van der Waals surface area (Å²) in [6.07, 6.45) is 9.00. The van der Waals surface area contributed by atoms with Crippen molar-refractivity contribution < 1.29 is 9.53 Å². The number of carbonyl (C=O) groups is 1. The minimum atomic E-state index is -0.415. The third-order valence-electron chi connectivity index (χ3n) is 3.76. The Balaban J connectivity index is 1.79. The van der Waals surface area contributed by atoms with Crippen LogP contribution >= 0.6 is 22.9 Å². The van der Waals surface area contributed by atoms with Gasteiger partial charge >= 0.3 is 5.97 Å². The summed E-state index contributed by atoms with van der Waals surface area (Å²) in [5.41, 5.74) is 3.99. The van der Waals surface area contributed by atoms with E-state index in [0.29, 0.717) is 20.4 Å². The van der Waals surface area contributed by atoms with Crippen molar-refractivity contribution in [2.24, 2.45) is 7.05 Å². The van der Waals surface area contributed by atoms with Crippen molar-refractivity contribution in [3.63, 3.8) is 0 Å². The van der Waals surface area contributed by atoms with Gasteiger partial charge in [0.15, 0.2) is 5.65 Å². The van der Waals surface area contributed by atoms with Crippen LogP contribution < -0.4 is 0 Å². The second-order valence-corrected chi connectivity index (χ2v) is 7.02. The number of aryl methyl sites for hydroxylation is 1. The van der Waals surface area contributed by atoms with Gasteiger partial charge < -0.3 is 4.74 Å². The lowest BCUT2D eigenvalue weighted by molar-refractivity contribution is 0.0606. The van der Waals surface area contributed by atoms with Gasteiger partial charge in [0.25, 0.3) is 0 Å². The van der Waals surface area contributed by atoms with E-state index >= 15 is 0 Å². The average Bonchev–Trinajstić information content (AvgIpc) is 3.31. The highest BCUT2D eigenvalue weighted by Gasteiger charge is 2.18. The predicted molar refractivity (Wildman–Crippen MR) is 94.9 cm³/mol. The second kappa shape index (κ2) is 5.98. The van der Waals surface area contributed by atoms with Crippen LogP contribution in [-0.4, -0.2) is 37.5 Å². The number of nitrogens with zero attached hydrogens (tertiary/aromatic N) is 5. The molecule has 0 saturated carbocycles. The standard InChI is InChI=1S/C16H12ClN5O2S/c1-21-7-10(5-19-21)9-4-18-15-12(6-20-22(15)8-9)11-3-13(16(23)24-2)25-14(11)17/h3-8H,1-2H3. The van der Waals surface area contributed by atoms with E-state index in [1.54, 1.807) is 33.9 Å². The number of esters is 1. The molecule has 126 valence electrons. The molecular weight excluding hydrogens is 362 g/mol. The Morgan fingerprint density at radius 1 is 1.16 bits per heavy atom. The van der Waals surface area contributed by atoms with Crippen molar-refractivity contribution in [1.82, 2.24) is 24.4 Å². The normalized spacial score (nSPS) is 11.2. The van der Waals surface area contributed by atoms with Crippen LogP contribution in [-0.2, 0) is 11.8 Å². The fourth-order valence-corrected chi connectivity index (χ4v) is 3.76. The molecule has 0 aliphatic heterocycles. The van der Waals surface area contributed by atoms with E-state index in [4.69, 9.17) is 16.3 Å². The Kier molecular flexibility index (Phi) is 3.78. The van der Waals surface area contributed by atoms with E-state index in [1.165, 1.54) is 18.4 Å². The lowest BCUT2D eigenvalue weighted by atomic mass is 10.1. The van der Waals surface area contributed by atoms with Gasteiger partial charge in [0.1, 0.15) is 9.21 Å². The molecule has 4 aromatic rings. The van der Waals surface area contributed by atoms with E-state index in [9.17, 15) is 4.79 Å². The van der Waals surface area contributed by atoms with Gasteiger partial charge in [0, 0.05) is 47.9 Å². The van der Waals surface area contributed by atoms with Crippen LogP contribution in [0.5, 0.6) is 0 Å². The molecule has 4 heterocycles. The maximum Gasteiger partial charge on any atom is 0.348 e. The molecular formula is C16H12ClN5O2S. The third kappa shape index (κ3) is 2.69. The number of fused-ring (bicyclic) bond motifs is 1. The van der Waals surface area contributed by atoms with Crippen LogP contribution in [0.25, 0.3) is 27.9 Å². The maximum absolute atomic E-state index is 11.7. The molecule has 0 spiro atoms. The molecule has 0 fully saturated rings. The molecule has 0 bridgehead atoms. The summed E-state index contributed by atoms with van der Waals surface area (Å²) >= 11 is 7.47. The maximum atomic E-state index is 11.7. The minimum absolute atomic E-state index is 0.415. The van der Waals surface area contributed by atoms with Crippen LogP contribution in [0.3, 0.4) is 0 Å². The first-order valence-electron chi connectivity index (χ1n) is 7.27. The number of aromatic nitrogens is 5. The van der Waals surface area contributed by atoms with Gasteiger partial charge in [-0.2, -0.15) is 10.2 Å². The molecule has 4 aromatic heterocycles. The highest BCUT2D eigenvalue weighted by molar-refractivity contribution is 7.18. The molecule has 25 heavy (non-hydrogen) atoms. The summed E-state index contributed by atoms with van der Waals surface area (Å²) in [4.78, 5) is 16.7. The number of rotatable bonds is 3. The SMILES string of the molecule is COC(=O)c1cc(-c2cnn3cc(-c4cnn(C)c4)cnc23)c(Cl)s1. The summed E-state index contributed by atoms with van der Waals surface area (Å²) in [6, 6.07) is 1.70. The van der Waals surface area contributed by atoms with Gasteiger partial charge in [0.05, 0.1) is 19.5 Å². The number of hydrogen-bond donors (Lipinski definition) is 0. The van der Waals surface area contributed by atoms with Crippen LogP contribution in [0.1, 0.15) is 9.67 Å². The van der Waals surface area contributed by atoms with Crippen LogP contribution in [0, 0.1) is 0 Å². The van der Waals surface area contributed by atoms with E-state index in [2.05, 4.69) is 15.2 Å². The van der Waals surface area contributed by atoms with Gasteiger partial charge in [-0.3, -0.25) is 4.68 Å². The summed E-state index contributed by atoms with van der Waals surface area (Å²) in [6.45, 7) is 0. The van der Waals surface area contributed by atoms with E-state index < -0.39 is 5.97 Å². The van der Waals surface area contributed by atoms with Gasteiger partial charge in [-0.05, 0) is 6.07 Å². The van der Waals surface area contributed by atoms with Crippen LogP contribution in [0.2, 0.25) is 4.34 Å². The lowest BCUT2D eigenvalue weighted by Crippen LogP contribution is -1.96. The number of carbonyl (C=O) groups excluding carboxylic acids is 1. The van der Waals surface area contributed by atoms with Crippen LogP contribution in [0.15, 0.2) is 37.1 Å². The van der Waals surface area contributed by atoms with E-state index in [1.807, 2.05) is 19.4 Å². The van der Waals surface area contributed by atoms with Crippen molar-refractivity contribution >= 4 is 34.6 Å². The Morgan fingerprint density at radius 2 is 1.96 bits per heavy atom. The van der Waals surface area contributed by atoms with Gasteiger partial charge in [0.2, 0.25) is 0 Å². The summed E-state index contributed by atoms with van der Waals surface area (Å²) in [5, 5.41) is 8.52. The Labute approximate surface area is 151 Å². The molecule has 0 atom stereocenters. The van der Waals surface area contributed by atoms with E-state index in [-0.39, 0.29) is 0 Å². The third-order valence-corrected chi connectivity index (χ3v) is 5.10. The number of ether oxygens (including phenoxy) is 1. The number of halogens is 1. The highest BCUT2D eigenvalue weighted by Crippen LogP contribution is 2.37.